The van der Waals surface area contributed by atoms with E-state index in [1.807, 2.05) is 24.6 Å². The van der Waals surface area contributed by atoms with Crippen molar-refractivity contribution in [3.63, 3.8) is 0 Å². The van der Waals surface area contributed by atoms with E-state index in [1.165, 1.54) is 6.42 Å². The Labute approximate surface area is 132 Å². The number of carbonyl (C=O) groups is 1. The fourth-order valence-corrected chi connectivity index (χ4v) is 2.60. The average molecular weight is 309 g/mol. The highest BCUT2D eigenvalue weighted by atomic mass is 16.5. The molecule has 124 valence electrons. The number of carbonyl (C=O) groups excluding carboxylic acids is 1. The Morgan fingerprint density at radius 1 is 1.50 bits per heavy atom. The van der Waals surface area contributed by atoms with E-state index in [4.69, 9.17) is 9.47 Å². The molecule has 6 heteroatoms. The minimum Gasteiger partial charge on any atom is -0.376 e. The van der Waals surface area contributed by atoms with Crippen LogP contribution in [0.3, 0.4) is 0 Å². The van der Waals surface area contributed by atoms with Gasteiger partial charge in [0, 0.05) is 25.9 Å². The predicted molar refractivity (Wildman–Crippen MR) is 83.7 cm³/mol. The number of aromatic nitrogens is 2. The van der Waals surface area contributed by atoms with Crippen molar-refractivity contribution in [3.8, 4) is 0 Å². The van der Waals surface area contributed by atoms with E-state index in [0.29, 0.717) is 19.7 Å². The topological polar surface area (TPSA) is 56.6 Å². The molecule has 0 aromatic carbocycles. The molecule has 0 radical (unpaired) electrons. The molecule has 1 aliphatic rings. The maximum atomic E-state index is 12.0. The molecule has 0 unspecified atom stereocenters. The number of hydrogen-bond donors (Lipinski definition) is 0. The summed E-state index contributed by atoms with van der Waals surface area (Å²) in [4.78, 5) is 13.7. The van der Waals surface area contributed by atoms with Crippen molar-refractivity contribution in [2.75, 3.05) is 33.4 Å². The standard InChI is InChI=1S/C16H27N3O3/c1-13-10-14(2)19(17-13)8-7-18(3)16(20)12-21-11-15-6-4-5-9-22-15/h10,15H,4-9,11-12H2,1-3H3/t15-/m0/s1. The molecule has 0 aliphatic carbocycles. The zero-order chi connectivity index (χ0) is 15.9. The summed E-state index contributed by atoms with van der Waals surface area (Å²) in [5, 5.41) is 4.40. The zero-order valence-electron chi connectivity index (χ0n) is 13.9. The summed E-state index contributed by atoms with van der Waals surface area (Å²) in [5.74, 6) is -0.00246. The van der Waals surface area contributed by atoms with Crippen LogP contribution in [0, 0.1) is 13.8 Å². The van der Waals surface area contributed by atoms with E-state index in [-0.39, 0.29) is 18.6 Å². The SMILES string of the molecule is Cc1cc(C)n(CCN(C)C(=O)COC[C@@H]2CCCCO2)n1. The number of likely N-dealkylation sites (N-methyl/N-ethyl adjacent to an activating group) is 1. The van der Waals surface area contributed by atoms with Gasteiger partial charge in [0.25, 0.3) is 0 Å². The molecular weight excluding hydrogens is 282 g/mol. The largest absolute Gasteiger partial charge is 0.376 e. The van der Waals surface area contributed by atoms with Crippen LogP contribution in [0.5, 0.6) is 0 Å². The van der Waals surface area contributed by atoms with Crippen molar-refractivity contribution >= 4 is 5.91 Å². The molecule has 0 spiro atoms. The van der Waals surface area contributed by atoms with E-state index < -0.39 is 0 Å². The molecule has 2 rings (SSSR count). The number of amides is 1. The Bertz CT molecular complexity index is 481. The summed E-state index contributed by atoms with van der Waals surface area (Å²) in [7, 11) is 1.80. The third kappa shape index (κ3) is 5.10. The summed E-state index contributed by atoms with van der Waals surface area (Å²) < 4.78 is 13.0. The van der Waals surface area contributed by atoms with Crippen molar-refractivity contribution < 1.29 is 14.3 Å². The van der Waals surface area contributed by atoms with Gasteiger partial charge < -0.3 is 14.4 Å². The van der Waals surface area contributed by atoms with Crippen molar-refractivity contribution in [3.05, 3.63) is 17.5 Å². The van der Waals surface area contributed by atoms with Crippen LogP contribution in [0.25, 0.3) is 0 Å². The Balaban J connectivity index is 1.65. The second-order valence-electron chi connectivity index (χ2n) is 5.97. The fraction of sp³-hybridized carbons (Fsp3) is 0.750. The lowest BCUT2D eigenvalue weighted by Crippen LogP contribution is -2.34. The average Bonchev–Trinajstić information content (AvgIpc) is 2.83. The van der Waals surface area contributed by atoms with Gasteiger partial charge in [0.15, 0.2) is 0 Å². The lowest BCUT2D eigenvalue weighted by atomic mass is 10.1. The molecule has 0 saturated carbocycles. The highest BCUT2D eigenvalue weighted by molar-refractivity contribution is 5.77. The van der Waals surface area contributed by atoms with Gasteiger partial charge in [0.1, 0.15) is 6.61 Å². The number of nitrogens with zero attached hydrogens (tertiary/aromatic N) is 3. The monoisotopic (exact) mass is 309 g/mol. The summed E-state index contributed by atoms with van der Waals surface area (Å²) in [6.07, 6.45) is 3.50. The van der Waals surface area contributed by atoms with Crippen LogP contribution in [0.2, 0.25) is 0 Å². The first kappa shape index (κ1) is 17.0. The van der Waals surface area contributed by atoms with Gasteiger partial charge in [-0.15, -0.1) is 0 Å². The molecule has 0 N–H and O–H groups in total. The second-order valence-corrected chi connectivity index (χ2v) is 5.97. The quantitative estimate of drug-likeness (QED) is 0.767. The molecule has 1 aromatic heterocycles. The van der Waals surface area contributed by atoms with Crippen molar-refractivity contribution in [2.45, 2.75) is 45.8 Å². The molecule has 1 aliphatic heterocycles. The molecule has 22 heavy (non-hydrogen) atoms. The van der Waals surface area contributed by atoms with E-state index in [1.54, 1.807) is 11.9 Å². The highest BCUT2D eigenvalue weighted by Crippen LogP contribution is 2.12. The first-order valence-corrected chi connectivity index (χ1v) is 8.00. The van der Waals surface area contributed by atoms with Gasteiger partial charge in [-0.3, -0.25) is 9.48 Å². The fourth-order valence-electron chi connectivity index (χ4n) is 2.60. The normalized spacial score (nSPS) is 18.4. The van der Waals surface area contributed by atoms with Crippen LogP contribution < -0.4 is 0 Å². The zero-order valence-corrected chi connectivity index (χ0v) is 13.9. The molecule has 1 fully saturated rings. The smallest absolute Gasteiger partial charge is 0.248 e. The second kappa shape index (κ2) is 8.29. The molecule has 0 bridgehead atoms. The van der Waals surface area contributed by atoms with Gasteiger partial charge in [0.05, 0.1) is 24.9 Å². The Morgan fingerprint density at radius 2 is 2.32 bits per heavy atom. The van der Waals surface area contributed by atoms with Crippen molar-refractivity contribution in [1.82, 2.24) is 14.7 Å². The first-order valence-electron chi connectivity index (χ1n) is 8.00. The third-order valence-electron chi connectivity index (χ3n) is 3.98. The lowest BCUT2D eigenvalue weighted by molar-refractivity contribution is -0.137. The molecule has 2 heterocycles. The third-order valence-corrected chi connectivity index (χ3v) is 3.98. The lowest BCUT2D eigenvalue weighted by Gasteiger charge is -2.23. The summed E-state index contributed by atoms with van der Waals surface area (Å²) in [6.45, 7) is 6.77. The van der Waals surface area contributed by atoms with Crippen molar-refractivity contribution in [1.29, 1.82) is 0 Å². The minimum atomic E-state index is -0.00246. The number of ether oxygens (including phenoxy) is 2. The van der Waals surface area contributed by atoms with Crippen LogP contribution in [0.4, 0.5) is 0 Å². The molecule has 1 amide bonds. The van der Waals surface area contributed by atoms with Gasteiger partial charge >= 0.3 is 0 Å². The van der Waals surface area contributed by atoms with Crippen LogP contribution in [-0.4, -0.2) is 60.1 Å². The molecular formula is C16H27N3O3. The summed E-state index contributed by atoms with van der Waals surface area (Å²) in [5.41, 5.74) is 2.12. The van der Waals surface area contributed by atoms with Gasteiger partial charge in [-0.05, 0) is 39.2 Å². The maximum absolute atomic E-state index is 12.0. The van der Waals surface area contributed by atoms with Gasteiger partial charge in [-0.2, -0.15) is 5.10 Å². The van der Waals surface area contributed by atoms with E-state index in [9.17, 15) is 4.79 Å². The molecule has 1 aromatic rings. The Hall–Kier alpha value is -1.40. The van der Waals surface area contributed by atoms with Crippen LogP contribution >= 0.6 is 0 Å². The number of aryl methyl sites for hydroxylation is 2. The predicted octanol–water partition coefficient (Wildman–Crippen LogP) is 1.54. The minimum absolute atomic E-state index is 0.00246. The first-order chi connectivity index (χ1) is 10.6. The van der Waals surface area contributed by atoms with Gasteiger partial charge in [-0.25, -0.2) is 0 Å². The van der Waals surface area contributed by atoms with E-state index in [0.717, 1.165) is 30.8 Å². The van der Waals surface area contributed by atoms with Gasteiger partial charge in [-0.1, -0.05) is 0 Å². The Morgan fingerprint density at radius 3 is 2.95 bits per heavy atom. The highest BCUT2D eigenvalue weighted by Gasteiger charge is 2.15. The van der Waals surface area contributed by atoms with E-state index in [2.05, 4.69) is 5.10 Å². The summed E-state index contributed by atoms with van der Waals surface area (Å²) in [6, 6.07) is 2.04. The van der Waals surface area contributed by atoms with E-state index >= 15 is 0 Å². The molecule has 1 saturated heterocycles. The number of hydrogen-bond acceptors (Lipinski definition) is 4. The maximum Gasteiger partial charge on any atom is 0.248 e. The van der Waals surface area contributed by atoms with Crippen LogP contribution in [0.15, 0.2) is 6.07 Å². The van der Waals surface area contributed by atoms with Crippen molar-refractivity contribution in [2.24, 2.45) is 0 Å². The Kier molecular flexibility index (Phi) is 6.39. The molecule has 1 atom stereocenters. The van der Waals surface area contributed by atoms with Crippen LogP contribution in [0.1, 0.15) is 30.7 Å². The summed E-state index contributed by atoms with van der Waals surface area (Å²) >= 11 is 0. The van der Waals surface area contributed by atoms with Crippen LogP contribution in [-0.2, 0) is 20.8 Å². The van der Waals surface area contributed by atoms with Gasteiger partial charge in [0.2, 0.25) is 5.91 Å². The molecule has 6 nitrogen and oxygen atoms in total. The number of rotatable bonds is 7.